The molecule has 0 atom stereocenters. The molecule has 3 rings (SSSR count). The van der Waals surface area contributed by atoms with Gasteiger partial charge in [0.05, 0.1) is 5.75 Å². The minimum Gasteiger partial charge on any atom is -0.309 e. The van der Waals surface area contributed by atoms with Crippen LogP contribution in [0.1, 0.15) is 21.7 Å². The van der Waals surface area contributed by atoms with E-state index in [0.717, 1.165) is 5.82 Å². The van der Waals surface area contributed by atoms with Crippen molar-refractivity contribution in [3.05, 3.63) is 63.1 Å². The van der Waals surface area contributed by atoms with Crippen LogP contribution in [0.4, 0.5) is 0 Å². The normalized spacial score (nSPS) is 10.6. The Balaban J connectivity index is 1.47. The third-order valence-electron chi connectivity index (χ3n) is 3.62. The van der Waals surface area contributed by atoms with Crippen LogP contribution in [0.3, 0.4) is 0 Å². The van der Waals surface area contributed by atoms with Gasteiger partial charge in [-0.2, -0.15) is 11.3 Å². The zero-order valence-corrected chi connectivity index (χ0v) is 16.7. The van der Waals surface area contributed by atoms with E-state index in [9.17, 15) is 9.59 Å². The molecule has 0 saturated carbocycles. The molecule has 2 aromatic heterocycles. The van der Waals surface area contributed by atoms with E-state index in [0.29, 0.717) is 22.2 Å². The summed E-state index contributed by atoms with van der Waals surface area (Å²) < 4.78 is 1.86. The molecule has 0 bridgehead atoms. The van der Waals surface area contributed by atoms with E-state index < -0.39 is 5.91 Å². The van der Waals surface area contributed by atoms with Crippen molar-refractivity contribution in [2.45, 2.75) is 11.6 Å². The van der Waals surface area contributed by atoms with Gasteiger partial charge in [-0.25, -0.2) is 0 Å². The fraction of sp³-hybridized carbons (Fsp3) is 0.176. The van der Waals surface area contributed by atoms with E-state index in [1.807, 2.05) is 23.1 Å². The summed E-state index contributed by atoms with van der Waals surface area (Å²) in [6.45, 7) is 0. The van der Waals surface area contributed by atoms with Crippen LogP contribution in [0, 0.1) is 0 Å². The van der Waals surface area contributed by atoms with Gasteiger partial charge in [0.2, 0.25) is 5.91 Å². The topological polar surface area (TPSA) is 88.9 Å². The number of amides is 2. The van der Waals surface area contributed by atoms with Gasteiger partial charge in [-0.15, -0.1) is 10.2 Å². The Bertz CT molecular complexity index is 925. The van der Waals surface area contributed by atoms with Crippen LogP contribution in [-0.2, 0) is 18.3 Å². The summed E-state index contributed by atoms with van der Waals surface area (Å²) in [5, 5.41) is 13.6. The maximum Gasteiger partial charge on any atom is 0.269 e. The molecule has 0 radical (unpaired) electrons. The number of carbonyl (C=O) groups is 2. The van der Waals surface area contributed by atoms with Crippen LogP contribution in [0.2, 0.25) is 5.02 Å². The molecule has 0 unspecified atom stereocenters. The monoisotopic (exact) mass is 421 g/mol. The molecule has 7 nitrogen and oxygen atoms in total. The first-order chi connectivity index (χ1) is 13.0. The number of rotatable bonds is 6. The highest BCUT2D eigenvalue weighted by Gasteiger charge is 2.13. The molecular formula is C17H16ClN5O2S2. The number of aromatic nitrogens is 3. The number of hydrogen-bond acceptors (Lipinski definition) is 6. The third-order valence-corrected chi connectivity index (χ3v) is 5.63. The number of hydrazine groups is 1. The van der Waals surface area contributed by atoms with Crippen LogP contribution in [0.15, 0.2) is 46.2 Å². The summed E-state index contributed by atoms with van der Waals surface area (Å²) in [6, 6.07) is 8.41. The van der Waals surface area contributed by atoms with E-state index >= 15 is 0 Å². The van der Waals surface area contributed by atoms with E-state index in [1.54, 1.807) is 35.6 Å². The standard InChI is InChI=1S/C17H16ClN5O2S2/c1-23-14(8-11-6-7-26-9-11)19-22-17(23)27-10-15(24)20-21-16(25)12-2-4-13(18)5-3-12/h2-7,9H,8,10H2,1H3,(H,20,24)(H,21,25). The molecule has 2 heterocycles. The molecule has 0 saturated heterocycles. The van der Waals surface area contributed by atoms with E-state index in [-0.39, 0.29) is 11.7 Å². The second kappa shape index (κ2) is 9.03. The number of thiophene rings is 1. The molecule has 3 aromatic rings. The van der Waals surface area contributed by atoms with Crippen LogP contribution in [-0.4, -0.2) is 32.3 Å². The van der Waals surface area contributed by atoms with Gasteiger partial charge in [-0.1, -0.05) is 23.4 Å². The van der Waals surface area contributed by atoms with Crippen molar-refractivity contribution in [3.8, 4) is 0 Å². The highest BCUT2D eigenvalue weighted by atomic mass is 35.5. The van der Waals surface area contributed by atoms with Gasteiger partial charge in [0.15, 0.2) is 5.16 Å². The van der Waals surface area contributed by atoms with Crippen molar-refractivity contribution >= 4 is 46.5 Å². The van der Waals surface area contributed by atoms with Crippen LogP contribution >= 0.6 is 34.7 Å². The second-order valence-corrected chi connectivity index (χ2v) is 7.72. The van der Waals surface area contributed by atoms with Crippen molar-refractivity contribution in [1.29, 1.82) is 0 Å². The Labute approximate surface area is 169 Å². The Morgan fingerprint density at radius 3 is 2.67 bits per heavy atom. The summed E-state index contributed by atoms with van der Waals surface area (Å²) in [7, 11) is 1.87. The molecule has 0 spiro atoms. The summed E-state index contributed by atoms with van der Waals surface area (Å²) in [6.07, 6.45) is 0.691. The van der Waals surface area contributed by atoms with Crippen molar-refractivity contribution < 1.29 is 9.59 Å². The Morgan fingerprint density at radius 2 is 1.96 bits per heavy atom. The van der Waals surface area contributed by atoms with Crippen molar-refractivity contribution in [2.24, 2.45) is 7.05 Å². The first kappa shape index (κ1) is 19.4. The average Bonchev–Trinajstić information content (AvgIpc) is 3.30. The Kier molecular flexibility index (Phi) is 6.49. The maximum absolute atomic E-state index is 12.0. The minimum atomic E-state index is -0.415. The highest BCUT2D eigenvalue weighted by molar-refractivity contribution is 7.99. The number of carbonyl (C=O) groups excluding carboxylic acids is 2. The molecular weight excluding hydrogens is 406 g/mol. The van der Waals surface area contributed by atoms with Crippen LogP contribution in [0.25, 0.3) is 0 Å². The third kappa shape index (κ3) is 5.31. The summed E-state index contributed by atoms with van der Waals surface area (Å²) in [5.74, 6) is 0.171. The summed E-state index contributed by atoms with van der Waals surface area (Å²) >= 11 is 8.67. The van der Waals surface area contributed by atoms with Gasteiger partial charge < -0.3 is 4.57 Å². The lowest BCUT2D eigenvalue weighted by Gasteiger charge is -2.07. The van der Waals surface area contributed by atoms with E-state index in [4.69, 9.17) is 11.6 Å². The number of hydrogen-bond donors (Lipinski definition) is 2. The first-order valence-corrected chi connectivity index (χ1v) is 10.2. The largest absolute Gasteiger partial charge is 0.309 e. The predicted molar refractivity (Wildman–Crippen MR) is 106 cm³/mol. The second-order valence-electron chi connectivity index (χ2n) is 5.56. The van der Waals surface area contributed by atoms with Gasteiger partial charge in [-0.05, 0) is 46.7 Å². The number of nitrogens with zero attached hydrogens (tertiary/aromatic N) is 3. The lowest BCUT2D eigenvalue weighted by atomic mass is 10.2. The van der Waals surface area contributed by atoms with E-state index in [2.05, 4.69) is 26.4 Å². The first-order valence-electron chi connectivity index (χ1n) is 7.90. The molecule has 1 aromatic carbocycles. The zero-order valence-electron chi connectivity index (χ0n) is 14.3. The SMILES string of the molecule is Cn1c(Cc2ccsc2)nnc1SCC(=O)NNC(=O)c1ccc(Cl)cc1. The minimum absolute atomic E-state index is 0.103. The molecule has 2 amide bonds. The summed E-state index contributed by atoms with van der Waals surface area (Å²) in [4.78, 5) is 23.9. The van der Waals surface area contributed by atoms with Gasteiger partial charge in [-0.3, -0.25) is 20.4 Å². The molecule has 140 valence electrons. The molecule has 0 aliphatic rings. The molecule has 0 aliphatic carbocycles. The van der Waals surface area contributed by atoms with Crippen molar-refractivity contribution in [1.82, 2.24) is 25.6 Å². The average molecular weight is 422 g/mol. The number of benzene rings is 1. The predicted octanol–water partition coefficient (Wildman–Crippen LogP) is 2.67. The molecule has 0 fully saturated rings. The molecule has 10 heteroatoms. The Hall–Kier alpha value is -2.36. The smallest absolute Gasteiger partial charge is 0.269 e. The van der Waals surface area contributed by atoms with Gasteiger partial charge in [0, 0.05) is 24.1 Å². The fourth-order valence-corrected chi connectivity index (χ4v) is 3.69. The number of thioether (sulfide) groups is 1. The lowest BCUT2D eigenvalue weighted by molar-refractivity contribution is -0.119. The number of halogens is 1. The number of nitrogens with one attached hydrogen (secondary N) is 2. The van der Waals surface area contributed by atoms with E-state index in [1.165, 1.54) is 17.3 Å². The quantitative estimate of drug-likeness (QED) is 0.472. The fourth-order valence-electron chi connectivity index (χ4n) is 2.17. The van der Waals surface area contributed by atoms with Crippen molar-refractivity contribution in [3.63, 3.8) is 0 Å². The maximum atomic E-state index is 12.0. The molecule has 0 aliphatic heterocycles. The van der Waals surface area contributed by atoms with Crippen LogP contribution < -0.4 is 10.9 Å². The van der Waals surface area contributed by atoms with Gasteiger partial charge >= 0.3 is 0 Å². The lowest BCUT2D eigenvalue weighted by Crippen LogP contribution is -2.42. The van der Waals surface area contributed by atoms with Gasteiger partial charge in [0.25, 0.3) is 5.91 Å². The Morgan fingerprint density at radius 1 is 1.19 bits per heavy atom. The molecule has 27 heavy (non-hydrogen) atoms. The van der Waals surface area contributed by atoms with Crippen LogP contribution in [0.5, 0.6) is 0 Å². The highest BCUT2D eigenvalue weighted by Crippen LogP contribution is 2.18. The van der Waals surface area contributed by atoms with Crippen molar-refractivity contribution in [2.75, 3.05) is 5.75 Å². The summed E-state index contributed by atoms with van der Waals surface area (Å²) in [5.41, 5.74) is 6.32. The van der Waals surface area contributed by atoms with Gasteiger partial charge in [0.1, 0.15) is 5.82 Å². The zero-order chi connectivity index (χ0) is 19.2. The molecule has 2 N–H and O–H groups in total.